The minimum absolute atomic E-state index is 0.407. The minimum atomic E-state index is -3.26. The predicted molar refractivity (Wildman–Crippen MR) is 57.8 cm³/mol. The largest absolute Gasteiger partial charge is 0.496 e. The molecule has 0 spiro atoms. The molecule has 0 saturated carbocycles. The Hall–Kier alpha value is -0.500. The van der Waals surface area contributed by atoms with E-state index >= 15 is 0 Å². The van der Waals surface area contributed by atoms with Crippen molar-refractivity contribution in [3.05, 3.63) is 23.8 Å². The van der Waals surface area contributed by atoms with Gasteiger partial charge in [-0.05, 0) is 29.8 Å². The highest BCUT2D eigenvalue weighted by molar-refractivity contribution is 7.91. The quantitative estimate of drug-likeness (QED) is 0.755. The summed E-state index contributed by atoms with van der Waals surface area (Å²) < 4.78 is 21.7. The van der Waals surface area contributed by atoms with Gasteiger partial charge in [-0.1, -0.05) is 12.1 Å². The van der Waals surface area contributed by atoms with Crippen LogP contribution < -0.4 is 10.0 Å². The number of halogens is 1. The number of hydrogen-bond donors (Lipinski definition) is 0. The van der Waals surface area contributed by atoms with Crippen LogP contribution in [0.3, 0.4) is 0 Å². The molecular formula is C9H12ClO3P. The normalized spacial score (nSPS) is 14.9. The summed E-state index contributed by atoms with van der Waals surface area (Å²) in [7, 11) is 2.83. The van der Waals surface area contributed by atoms with E-state index in [4.69, 9.17) is 20.5 Å². The van der Waals surface area contributed by atoms with Crippen molar-refractivity contribution in [1.29, 1.82) is 0 Å². The molecule has 78 valence electrons. The predicted octanol–water partition coefficient (Wildman–Crippen LogP) is 2.71. The highest BCUT2D eigenvalue weighted by atomic mass is 35.7. The average Bonchev–Trinajstić information content (AvgIpc) is 2.17. The summed E-state index contributed by atoms with van der Waals surface area (Å²) in [6.45, 7) is -1.40. The lowest BCUT2D eigenvalue weighted by atomic mass is 10.2. The van der Waals surface area contributed by atoms with E-state index in [9.17, 15) is 4.57 Å². The van der Waals surface area contributed by atoms with Crippen LogP contribution in [0.4, 0.5) is 0 Å². The fourth-order valence-corrected chi connectivity index (χ4v) is 2.58. The van der Waals surface area contributed by atoms with Gasteiger partial charge in [-0.15, -0.1) is 0 Å². The highest BCUT2D eigenvalue weighted by Gasteiger charge is 2.25. The Morgan fingerprint density at radius 1 is 1.36 bits per heavy atom. The standard InChI is InChI=1S/C9H12ClO3P/c1-7-5-4-6-8(9(7)12-2)14(10,11)13-3/h4-6H,1-3H3. The molecule has 1 rings (SSSR count). The van der Waals surface area contributed by atoms with E-state index in [0.29, 0.717) is 11.1 Å². The number of rotatable bonds is 3. The summed E-state index contributed by atoms with van der Waals surface area (Å²) >= 11 is 5.76. The molecule has 5 heteroatoms. The number of benzene rings is 1. The number of hydrogen-bond acceptors (Lipinski definition) is 3. The van der Waals surface area contributed by atoms with Crippen molar-refractivity contribution in [2.24, 2.45) is 0 Å². The van der Waals surface area contributed by atoms with E-state index in [1.54, 1.807) is 12.1 Å². The van der Waals surface area contributed by atoms with Gasteiger partial charge in [0.25, 0.3) is 0 Å². The first kappa shape index (κ1) is 11.6. The maximum atomic E-state index is 11.8. The zero-order valence-corrected chi connectivity index (χ0v) is 9.93. The van der Waals surface area contributed by atoms with Crippen molar-refractivity contribution < 1.29 is 13.8 Å². The van der Waals surface area contributed by atoms with Gasteiger partial charge >= 0.3 is 6.72 Å². The number of para-hydroxylation sites is 1. The molecule has 1 unspecified atom stereocenters. The molecule has 0 fully saturated rings. The third-order valence-corrected chi connectivity index (χ3v) is 4.28. The molecule has 0 amide bonds. The molecule has 0 radical (unpaired) electrons. The minimum Gasteiger partial charge on any atom is -0.496 e. The summed E-state index contributed by atoms with van der Waals surface area (Å²) in [4.78, 5) is 0. The lowest BCUT2D eigenvalue weighted by molar-refractivity contribution is 0.403. The second-order valence-electron chi connectivity index (χ2n) is 2.79. The number of methoxy groups -OCH3 is 1. The zero-order chi connectivity index (χ0) is 10.8. The molecule has 1 aromatic carbocycles. The third-order valence-electron chi connectivity index (χ3n) is 1.92. The van der Waals surface area contributed by atoms with Gasteiger partial charge < -0.3 is 9.26 Å². The van der Waals surface area contributed by atoms with Crippen LogP contribution >= 0.6 is 18.0 Å². The summed E-state index contributed by atoms with van der Waals surface area (Å²) in [5.41, 5.74) is 0.878. The fourth-order valence-electron chi connectivity index (χ4n) is 1.21. The van der Waals surface area contributed by atoms with Crippen LogP contribution in [-0.2, 0) is 9.09 Å². The van der Waals surface area contributed by atoms with E-state index < -0.39 is 6.72 Å². The molecule has 14 heavy (non-hydrogen) atoms. The summed E-state index contributed by atoms with van der Waals surface area (Å²) in [6, 6.07) is 5.26. The van der Waals surface area contributed by atoms with E-state index in [0.717, 1.165) is 5.56 Å². The van der Waals surface area contributed by atoms with Crippen LogP contribution in [-0.4, -0.2) is 14.2 Å². The number of ether oxygens (including phenoxy) is 1. The maximum Gasteiger partial charge on any atom is 0.323 e. The lowest BCUT2D eigenvalue weighted by Gasteiger charge is -2.14. The Kier molecular flexibility index (Phi) is 3.59. The molecule has 0 aliphatic heterocycles. The fraction of sp³-hybridized carbons (Fsp3) is 0.333. The van der Waals surface area contributed by atoms with Crippen LogP contribution in [0, 0.1) is 6.92 Å². The molecule has 0 aliphatic rings. The molecule has 3 nitrogen and oxygen atoms in total. The topological polar surface area (TPSA) is 35.5 Å². The van der Waals surface area contributed by atoms with Crippen molar-refractivity contribution in [1.82, 2.24) is 0 Å². The first-order valence-electron chi connectivity index (χ1n) is 4.02. The van der Waals surface area contributed by atoms with Crippen molar-refractivity contribution in [3.63, 3.8) is 0 Å². The van der Waals surface area contributed by atoms with Gasteiger partial charge in [0, 0.05) is 7.11 Å². The van der Waals surface area contributed by atoms with E-state index in [1.165, 1.54) is 14.2 Å². The molecule has 0 saturated heterocycles. The average molecular weight is 235 g/mol. The van der Waals surface area contributed by atoms with Gasteiger partial charge in [0.15, 0.2) is 0 Å². The maximum absolute atomic E-state index is 11.8. The highest BCUT2D eigenvalue weighted by Crippen LogP contribution is 2.52. The Balaban J connectivity index is 3.34. The zero-order valence-electron chi connectivity index (χ0n) is 8.28. The van der Waals surface area contributed by atoms with Gasteiger partial charge in [-0.2, -0.15) is 0 Å². The Bertz CT molecular complexity index is 378. The van der Waals surface area contributed by atoms with Crippen LogP contribution in [0.5, 0.6) is 5.75 Å². The Morgan fingerprint density at radius 2 is 2.00 bits per heavy atom. The number of aryl methyl sites for hydroxylation is 1. The summed E-state index contributed by atoms with van der Waals surface area (Å²) in [5, 5.41) is 0.407. The molecule has 0 N–H and O–H groups in total. The van der Waals surface area contributed by atoms with Gasteiger partial charge in [0.2, 0.25) is 0 Å². The molecular weight excluding hydrogens is 223 g/mol. The lowest BCUT2D eigenvalue weighted by Crippen LogP contribution is -2.08. The van der Waals surface area contributed by atoms with Crippen molar-refractivity contribution >= 4 is 23.3 Å². The van der Waals surface area contributed by atoms with Crippen LogP contribution in [0.2, 0.25) is 0 Å². The second kappa shape index (κ2) is 4.35. The van der Waals surface area contributed by atoms with Crippen LogP contribution in [0.1, 0.15) is 5.56 Å². The molecule has 1 atom stereocenters. The van der Waals surface area contributed by atoms with Crippen LogP contribution in [0.15, 0.2) is 18.2 Å². The van der Waals surface area contributed by atoms with Crippen molar-refractivity contribution in [2.75, 3.05) is 14.2 Å². The SMILES string of the molecule is COc1c(C)cccc1P(=O)(Cl)OC. The van der Waals surface area contributed by atoms with Gasteiger partial charge in [-0.25, -0.2) is 0 Å². The first-order chi connectivity index (χ1) is 6.53. The van der Waals surface area contributed by atoms with Crippen LogP contribution in [0.25, 0.3) is 0 Å². The molecule has 0 aliphatic carbocycles. The molecule has 0 aromatic heterocycles. The van der Waals surface area contributed by atoms with Gasteiger partial charge in [-0.3, -0.25) is 4.57 Å². The molecule has 0 heterocycles. The van der Waals surface area contributed by atoms with Gasteiger partial charge in [0.1, 0.15) is 5.75 Å². The third kappa shape index (κ3) is 2.11. The molecule has 0 bridgehead atoms. The van der Waals surface area contributed by atoms with E-state index in [-0.39, 0.29) is 0 Å². The van der Waals surface area contributed by atoms with E-state index in [2.05, 4.69) is 0 Å². The van der Waals surface area contributed by atoms with Crippen molar-refractivity contribution in [3.8, 4) is 5.75 Å². The van der Waals surface area contributed by atoms with Crippen molar-refractivity contribution in [2.45, 2.75) is 6.92 Å². The van der Waals surface area contributed by atoms with E-state index in [1.807, 2.05) is 13.0 Å². The first-order valence-corrected chi connectivity index (χ1v) is 6.55. The smallest absolute Gasteiger partial charge is 0.323 e. The Labute approximate surface area is 88.2 Å². The second-order valence-corrected chi connectivity index (χ2v) is 5.93. The summed E-state index contributed by atoms with van der Waals surface area (Å²) in [5.74, 6) is 0.521. The van der Waals surface area contributed by atoms with Gasteiger partial charge in [0.05, 0.1) is 12.4 Å². The Morgan fingerprint density at radius 3 is 2.50 bits per heavy atom. The monoisotopic (exact) mass is 234 g/mol. The summed E-state index contributed by atoms with van der Waals surface area (Å²) in [6.07, 6.45) is 0. The molecule has 1 aromatic rings.